The first kappa shape index (κ1) is 12.9. The summed E-state index contributed by atoms with van der Waals surface area (Å²) >= 11 is 13.5. The van der Waals surface area contributed by atoms with E-state index >= 15 is 0 Å². The summed E-state index contributed by atoms with van der Waals surface area (Å²) in [7, 11) is 1.90. The molecule has 3 nitrogen and oxygen atoms in total. The van der Waals surface area contributed by atoms with Crippen molar-refractivity contribution in [2.24, 2.45) is 0 Å². The summed E-state index contributed by atoms with van der Waals surface area (Å²) in [6, 6.07) is 1.94. The summed E-state index contributed by atoms with van der Waals surface area (Å²) in [4.78, 5) is 0. The Morgan fingerprint density at radius 3 is 2.76 bits per heavy atom. The maximum absolute atomic E-state index is 6.18. The first-order valence-electron chi connectivity index (χ1n) is 5.30. The molecule has 1 N–H and O–H groups in total. The number of aryl methyl sites for hydroxylation is 1. The number of thiophene rings is 1. The minimum absolute atomic E-state index is 0.0338. The zero-order valence-corrected chi connectivity index (χ0v) is 11.9. The molecule has 1 unspecified atom stereocenters. The van der Waals surface area contributed by atoms with Gasteiger partial charge in [-0.1, -0.05) is 23.2 Å². The lowest BCUT2D eigenvalue weighted by Crippen LogP contribution is -2.16. The minimum atomic E-state index is 0.0338. The molecule has 2 aromatic heterocycles. The SMILES string of the molecule is CCn1cc(C(NC)c2cc(Cl)sc2Cl)cn1. The Morgan fingerprint density at radius 2 is 2.29 bits per heavy atom. The van der Waals surface area contributed by atoms with Crippen molar-refractivity contribution in [2.45, 2.75) is 19.5 Å². The number of hydrogen-bond acceptors (Lipinski definition) is 3. The Hall–Kier alpha value is -0.550. The van der Waals surface area contributed by atoms with Gasteiger partial charge in [-0.3, -0.25) is 4.68 Å². The highest BCUT2D eigenvalue weighted by Crippen LogP contribution is 2.37. The van der Waals surface area contributed by atoms with Gasteiger partial charge in [0.25, 0.3) is 0 Å². The molecule has 0 saturated carbocycles. The molecule has 0 aromatic carbocycles. The molecule has 0 radical (unpaired) electrons. The van der Waals surface area contributed by atoms with E-state index in [2.05, 4.69) is 17.3 Å². The van der Waals surface area contributed by atoms with E-state index in [-0.39, 0.29) is 6.04 Å². The molecule has 2 aromatic rings. The van der Waals surface area contributed by atoms with Crippen LogP contribution in [0.1, 0.15) is 24.1 Å². The number of nitrogens with one attached hydrogen (secondary N) is 1. The summed E-state index contributed by atoms with van der Waals surface area (Å²) in [5.74, 6) is 0. The summed E-state index contributed by atoms with van der Waals surface area (Å²) in [6.07, 6.45) is 3.87. The zero-order chi connectivity index (χ0) is 12.4. The van der Waals surface area contributed by atoms with Crippen molar-refractivity contribution in [1.29, 1.82) is 0 Å². The monoisotopic (exact) mass is 289 g/mol. The topological polar surface area (TPSA) is 29.9 Å². The van der Waals surface area contributed by atoms with Crippen LogP contribution < -0.4 is 5.32 Å². The molecule has 0 aliphatic heterocycles. The van der Waals surface area contributed by atoms with Crippen molar-refractivity contribution < 1.29 is 0 Å². The number of nitrogens with zero attached hydrogens (tertiary/aromatic N) is 2. The van der Waals surface area contributed by atoms with E-state index in [0.717, 1.165) is 22.0 Å². The van der Waals surface area contributed by atoms with Crippen LogP contribution in [0.25, 0.3) is 0 Å². The van der Waals surface area contributed by atoms with Crippen molar-refractivity contribution in [1.82, 2.24) is 15.1 Å². The first-order chi connectivity index (χ1) is 8.15. The number of rotatable bonds is 4. The van der Waals surface area contributed by atoms with Gasteiger partial charge in [-0.15, -0.1) is 11.3 Å². The first-order valence-corrected chi connectivity index (χ1v) is 6.87. The van der Waals surface area contributed by atoms with E-state index in [1.807, 2.05) is 30.2 Å². The molecule has 6 heteroatoms. The Kier molecular flexibility index (Phi) is 4.09. The summed E-state index contributed by atoms with van der Waals surface area (Å²) in [5, 5.41) is 7.51. The van der Waals surface area contributed by atoms with Crippen LogP contribution in [0.2, 0.25) is 8.67 Å². The normalized spacial score (nSPS) is 12.9. The van der Waals surface area contributed by atoms with Gasteiger partial charge in [0.05, 0.1) is 20.9 Å². The lowest BCUT2D eigenvalue weighted by atomic mass is 10.1. The van der Waals surface area contributed by atoms with Gasteiger partial charge in [0.1, 0.15) is 0 Å². The van der Waals surface area contributed by atoms with Crippen LogP contribution in [0.5, 0.6) is 0 Å². The van der Waals surface area contributed by atoms with Crippen LogP contribution in [0.4, 0.5) is 0 Å². The van der Waals surface area contributed by atoms with Crippen LogP contribution in [0, 0.1) is 0 Å². The van der Waals surface area contributed by atoms with Crippen LogP contribution in [0.15, 0.2) is 18.5 Å². The molecule has 1 atom stereocenters. The van der Waals surface area contributed by atoms with Crippen molar-refractivity contribution in [3.63, 3.8) is 0 Å². The van der Waals surface area contributed by atoms with Gasteiger partial charge in [0.2, 0.25) is 0 Å². The molecule has 2 heterocycles. The molecule has 17 heavy (non-hydrogen) atoms. The lowest BCUT2D eigenvalue weighted by molar-refractivity contribution is 0.654. The summed E-state index contributed by atoms with van der Waals surface area (Å²) in [5.41, 5.74) is 2.09. The predicted molar refractivity (Wildman–Crippen MR) is 73.1 cm³/mol. The molecule has 0 amide bonds. The third-order valence-electron chi connectivity index (χ3n) is 2.59. The fourth-order valence-corrected chi connectivity index (χ4v) is 3.29. The highest BCUT2D eigenvalue weighted by atomic mass is 35.5. The quantitative estimate of drug-likeness (QED) is 0.932. The third-order valence-corrected chi connectivity index (χ3v) is 4.11. The molecule has 0 aliphatic carbocycles. The predicted octanol–water partition coefficient (Wildman–Crippen LogP) is 3.58. The van der Waals surface area contributed by atoms with Gasteiger partial charge < -0.3 is 5.32 Å². The van der Waals surface area contributed by atoms with Crippen LogP contribution in [-0.4, -0.2) is 16.8 Å². The zero-order valence-electron chi connectivity index (χ0n) is 9.58. The van der Waals surface area contributed by atoms with E-state index in [9.17, 15) is 0 Å². The average Bonchev–Trinajstić information content (AvgIpc) is 2.88. The molecule has 92 valence electrons. The summed E-state index contributed by atoms with van der Waals surface area (Å²) in [6.45, 7) is 2.91. The Bertz CT molecular complexity index is 507. The molecule has 0 fully saturated rings. The average molecular weight is 290 g/mol. The molecule has 2 rings (SSSR count). The Balaban J connectivity index is 2.36. The Labute approximate surface area is 114 Å². The molecular formula is C11H13Cl2N3S. The van der Waals surface area contributed by atoms with Gasteiger partial charge in [0.15, 0.2) is 0 Å². The van der Waals surface area contributed by atoms with Gasteiger partial charge in [-0.05, 0) is 20.0 Å². The smallest absolute Gasteiger partial charge is 0.0995 e. The van der Waals surface area contributed by atoms with Crippen molar-refractivity contribution in [2.75, 3.05) is 7.05 Å². The van der Waals surface area contributed by atoms with Crippen LogP contribution in [0.3, 0.4) is 0 Å². The minimum Gasteiger partial charge on any atom is -0.309 e. The number of halogens is 2. The van der Waals surface area contributed by atoms with Gasteiger partial charge in [-0.2, -0.15) is 5.10 Å². The highest BCUT2D eigenvalue weighted by molar-refractivity contribution is 7.20. The van der Waals surface area contributed by atoms with E-state index in [0.29, 0.717) is 4.34 Å². The molecule has 0 saturated heterocycles. The largest absolute Gasteiger partial charge is 0.309 e. The summed E-state index contributed by atoms with van der Waals surface area (Å²) < 4.78 is 3.31. The number of aromatic nitrogens is 2. The fourth-order valence-electron chi connectivity index (χ4n) is 1.75. The van der Waals surface area contributed by atoms with Crippen molar-refractivity contribution >= 4 is 34.5 Å². The fraction of sp³-hybridized carbons (Fsp3) is 0.364. The molecule has 0 aliphatic rings. The lowest BCUT2D eigenvalue weighted by Gasteiger charge is -2.13. The molecule has 0 spiro atoms. The third kappa shape index (κ3) is 2.65. The van der Waals surface area contributed by atoms with Gasteiger partial charge in [-0.25, -0.2) is 0 Å². The maximum Gasteiger partial charge on any atom is 0.0995 e. The second-order valence-electron chi connectivity index (χ2n) is 3.63. The van der Waals surface area contributed by atoms with Gasteiger partial charge in [0, 0.05) is 23.9 Å². The molecule has 0 bridgehead atoms. The highest BCUT2D eigenvalue weighted by Gasteiger charge is 2.19. The van der Waals surface area contributed by atoms with E-state index in [4.69, 9.17) is 23.2 Å². The van der Waals surface area contributed by atoms with Crippen molar-refractivity contribution in [3.8, 4) is 0 Å². The van der Waals surface area contributed by atoms with E-state index in [1.54, 1.807) is 0 Å². The second-order valence-corrected chi connectivity index (χ2v) is 5.92. The second kappa shape index (κ2) is 5.40. The maximum atomic E-state index is 6.18. The van der Waals surface area contributed by atoms with E-state index < -0.39 is 0 Å². The van der Waals surface area contributed by atoms with Crippen molar-refractivity contribution in [3.05, 3.63) is 38.3 Å². The van der Waals surface area contributed by atoms with Crippen LogP contribution >= 0.6 is 34.5 Å². The van der Waals surface area contributed by atoms with Gasteiger partial charge >= 0.3 is 0 Å². The standard InChI is InChI=1S/C11H13Cl2N3S/c1-3-16-6-7(5-15-16)10(14-2)8-4-9(12)17-11(8)13/h4-6,10,14H,3H2,1-2H3. The van der Waals surface area contributed by atoms with E-state index in [1.165, 1.54) is 11.3 Å². The van der Waals surface area contributed by atoms with Crippen LogP contribution in [-0.2, 0) is 6.54 Å². The Morgan fingerprint density at radius 1 is 1.53 bits per heavy atom. The molecular weight excluding hydrogens is 277 g/mol. The number of hydrogen-bond donors (Lipinski definition) is 1.